The summed E-state index contributed by atoms with van der Waals surface area (Å²) >= 11 is 0. The van der Waals surface area contributed by atoms with Gasteiger partial charge in [0.25, 0.3) is 11.5 Å². The number of rotatable bonds is 6. The molecule has 32 heavy (non-hydrogen) atoms. The van der Waals surface area contributed by atoms with Gasteiger partial charge in [0.05, 0.1) is 11.3 Å². The van der Waals surface area contributed by atoms with E-state index in [1.54, 1.807) is 48.5 Å². The number of carbonyl (C=O) groups is 1. The predicted octanol–water partition coefficient (Wildman–Crippen LogP) is 3.55. The summed E-state index contributed by atoms with van der Waals surface area (Å²) in [6.07, 6.45) is -4.98. The minimum atomic E-state index is -4.98. The molecule has 7 nitrogen and oxygen atoms in total. The third kappa shape index (κ3) is 5.08. The largest absolute Gasteiger partial charge is 0.484 e. The van der Waals surface area contributed by atoms with Crippen molar-refractivity contribution in [2.45, 2.75) is 26.9 Å². The van der Waals surface area contributed by atoms with E-state index in [1.165, 1.54) is 6.92 Å². The summed E-state index contributed by atoms with van der Waals surface area (Å²) in [7, 11) is 0. The maximum absolute atomic E-state index is 13.7. The number of aryl methyl sites for hydroxylation is 3. The van der Waals surface area contributed by atoms with Crippen molar-refractivity contribution < 1.29 is 22.7 Å². The van der Waals surface area contributed by atoms with Gasteiger partial charge in [0, 0.05) is 5.69 Å². The summed E-state index contributed by atoms with van der Waals surface area (Å²) in [6, 6.07) is 13.3. The van der Waals surface area contributed by atoms with Gasteiger partial charge in [0.15, 0.2) is 12.3 Å². The number of nitrogens with zero attached hydrogens (tertiary/aromatic N) is 2. The number of carbonyl (C=O) groups excluding carboxylic acids is 1. The van der Waals surface area contributed by atoms with Crippen molar-refractivity contribution in [3.05, 3.63) is 81.3 Å². The second kappa shape index (κ2) is 9.13. The van der Waals surface area contributed by atoms with Gasteiger partial charge in [-0.3, -0.25) is 14.7 Å². The lowest BCUT2D eigenvalue weighted by Gasteiger charge is -2.10. The number of aromatic amines is 1. The van der Waals surface area contributed by atoms with Crippen LogP contribution in [0.2, 0.25) is 0 Å². The van der Waals surface area contributed by atoms with Crippen LogP contribution >= 0.6 is 0 Å². The fourth-order valence-electron chi connectivity index (χ4n) is 2.95. The van der Waals surface area contributed by atoms with E-state index >= 15 is 0 Å². The van der Waals surface area contributed by atoms with Gasteiger partial charge in [-0.2, -0.15) is 18.3 Å². The second-order valence-corrected chi connectivity index (χ2v) is 7.12. The lowest BCUT2D eigenvalue weighted by Crippen LogP contribution is -2.34. The molecule has 0 aliphatic carbocycles. The van der Waals surface area contributed by atoms with Crippen LogP contribution in [0, 0.1) is 20.8 Å². The molecule has 3 rings (SSSR count). The summed E-state index contributed by atoms with van der Waals surface area (Å²) in [5, 5.41) is 5.83. The highest BCUT2D eigenvalue weighted by Gasteiger charge is 2.41. The Morgan fingerprint density at radius 1 is 1.09 bits per heavy atom. The summed E-state index contributed by atoms with van der Waals surface area (Å²) in [5.41, 5.74) is 0.986. The van der Waals surface area contributed by atoms with Crippen LogP contribution in [-0.2, 0) is 4.79 Å². The van der Waals surface area contributed by atoms with E-state index in [0.717, 1.165) is 15.8 Å². The topological polar surface area (TPSA) is 88.5 Å². The molecule has 1 heterocycles. The minimum Gasteiger partial charge on any atom is -0.484 e. The Kier molecular flexibility index (Phi) is 6.52. The molecule has 168 valence electrons. The maximum Gasteiger partial charge on any atom is 0.435 e. The molecule has 1 aromatic heterocycles. The van der Waals surface area contributed by atoms with Gasteiger partial charge in [0.2, 0.25) is 0 Å². The zero-order chi connectivity index (χ0) is 23.5. The molecule has 0 aliphatic rings. The molecule has 10 heteroatoms. The van der Waals surface area contributed by atoms with E-state index < -0.39 is 35.5 Å². The zero-order valence-corrected chi connectivity index (χ0v) is 17.6. The molecule has 0 fully saturated rings. The molecular weight excluding hydrogens is 425 g/mol. The van der Waals surface area contributed by atoms with Crippen molar-refractivity contribution in [3.63, 3.8) is 0 Å². The molecule has 2 aromatic carbocycles. The Morgan fingerprint density at radius 2 is 1.78 bits per heavy atom. The fraction of sp³-hybridized carbons (Fsp3) is 0.227. The number of alkyl halides is 3. The number of hydrogen-bond donors (Lipinski definition) is 2. The average Bonchev–Trinajstić information content (AvgIpc) is 3.03. The first-order valence-corrected chi connectivity index (χ1v) is 9.59. The second-order valence-electron chi connectivity index (χ2n) is 7.12. The molecule has 0 saturated carbocycles. The highest BCUT2D eigenvalue weighted by Crippen LogP contribution is 2.23. The first-order valence-electron chi connectivity index (χ1n) is 9.59. The molecule has 0 saturated heterocycles. The average molecular weight is 446 g/mol. The van der Waals surface area contributed by atoms with E-state index in [-0.39, 0.29) is 5.69 Å². The van der Waals surface area contributed by atoms with Crippen molar-refractivity contribution in [2.24, 2.45) is 5.10 Å². The Balaban J connectivity index is 1.83. The van der Waals surface area contributed by atoms with Crippen molar-refractivity contribution in [2.75, 3.05) is 6.61 Å². The van der Waals surface area contributed by atoms with Crippen LogP contribution in [0.4, 0.5) is 13.2 Å². The normalized spacial score (nSPS) is 12.0. The molecule has 0 radical (unpaired) electrons. The van der Waals surface area contributed by atoms with Crippen LogP contribution in [0.5, 0.6) is 5.75 Å². The first kappa shape index (κ1) is 22.9. The van der Waals surface area contributed by atoms with Gasteiger partial charge >= 0.3 is 6.18 Å². The van der Waals surface area contributed by atoms with Crippen molar-refractivity contribution in [1.82, 2.24) is 15.2 Å². The number of para-hydroxylation sites is 1. The monoisotopic (exact) mass is 446 g/mol. The van der Waals surface area contributed by atoms with Gasteiger partial charge in [-0.05, 0) is 56.2 Å². The molecule has 0 aliphatic heterocycles. The maximum atomic E-state index is 13.7. The van der Waals surface area contributed by atoms with Gasteiger partial charge in [-0.15, -0.1) is 0 Å². The van der Waals surface area contributed by atoms with Gasteiger partial charge in [-0.25, -0.2) is 10.1 Å². The smallest absolute Gasteiger partial charge is 0.435 e. The van der Waals surface area contributed by atoms with Gasteiger partial charge < -0.3 is 4.74 Å². The van der Waals surface area contributed by atoms with E-state index in [9.17, 15) is 22.8 Å². The Labute approximate surface area is 181 Å². The summed E-state index contributed by atoms with van der Waals surface area (Å²) in [4.78, 5) is 24.7. The molecule has 0 bridgehead atoms. The molecule has 0 atom stereocenters. The van der Waals surface area contributed by atoms with E-state index in [0.29, 0.717) is 11.4 Å². The zero-order valence-electron chi connectivity index (χ0n) is 17.6. The van der Waals surface area contributed by atoms with Crippen molar-refractivity contribution in [1.29, 1.82) is 0 Å². The highest BCUT2D eigenvalue weighted by atomic mass is 19.4. The molecule has 1 amide bonds. The van der Waals surface area contributed by atoms with Gasteiger partial charge in [0.1, 0.15) is 5.75 Å². The number of H-pyrrole nitrogens is 1. The lowest BCUT2D eigenvalue weighted by atomic mass is 10.1. The van der Waals surface area contributed by atoms with Crippen LogP contribution in [0.1, 0.15) is 22.4 Å². The number of aromatic nitrogens is 2. The number of hydrazone groups is 1. The Bertz CT molecular complexity index is 1210. The lowest BCUT2D eigenvalue weighted by molar-refractivity contribution is -0.123. The Hall–Kier alpha value is -3.82. The molecule has 3 aromatic rings. The minimum absolute atomic E-state index is 0.0458. The number of ether oxygens (including phenoxy) is 1. The first-order chi connectivity index (χ1) is 15.1. The summed E-state index contributed by atoms with van der Waals surface area (Å²) in [6.45, 7) is 4.55. The molecule has 2 N–H and O–H groups in total. The van der Waals surface area contributed by atoms with Crippen LogP contribution in [0.15, 0.2) is 58.4 Å². The van der Waals surface area contributed by atoms with E-state index in [2.05, 4.69) is 10.2 Å². The van der Waals surface area contributed by atoms with Crippen molar-refractivity contribution >= 4 is 11.6 Å². The molecule has 0 spiro atoms. The van der Waals surface area contributed by atoms with E-state index in [4.69, 9.17) is 4.74 Å². The fourth-order valence-corrected chi connectivity index (χ4v) is 2.95. The standard InChI is InChI=1S/C22H21F3N4O3/c1-13-9-10-17(11-14(13)2)32-12-18(30)26-27-20(22(23,24)25)19-15(3)28-29(21(19)31)16-7-5-4-6-8-16/h4-11,28H,12H2,1-3H3,(H,26,30)/b27-20-. The van der Waals surface area contributed by atoms with E-state index in [1.807, 2.05) is 19.3 Å². The number of benzene rings is 2. The van der Waals surface area contributed by atoms with Crippen LogP contribution in [0.3, 0.4) is 0 Å². The predicted molar refractivity (Wildman–Crippen MR) is 113 cm³/mol. The third-order valence-corrected chi connectivity index (χ3v) is 4.73. The number of nitrogens with one attached hydrogen (secondary N) is 2. The van der Waals surface area contributed by atoms with Gasteiger partial charge in [-0.1, -0.05) is 24.3 Å². The third-order valence-electron chi connectivity index (χ3n) is 4.73. The SMILES string of the molecule is Cc1ccc(OCC(=O)N/N=C(/c2c(C)[nH]n(-c3ccccc3)c2=O)C(F)(F)F)cc1C. The Morgan fingerprint density at radius 3 is 2.41 bits per heavy atom. The van der Waals surface area contributed by atoms with Crippen LogP contribution in [0.25, 0.3) is 5.69 Å². The van der Waals surface area contributed by atoms with Crippen LogP contribution < -0.4 is 15.7 Å². The quantitative estimate of drug-likeness (QED) is 0.448. The summed E-state index contributed by atoms with van der Waals surface area (Å²) < 4.78 is 47.3. The number of hydrogen-bond acceptors (Lipinski definition) is 4. The highest BCUT2D eigenvalue weighted by molar-refractivity contribution is 6.05. The van der Waals surface area contributed by atoms with Crippen molar-refractivity contribution in [3.8, 4) is 11.4 Å². The summed E-state index contributed by atoms with van der Waals surface area (Å²) in [5.74, 6) is -0.503. The number of amides is 1. The van der Waals surface area contributed by atoms with Crippen LogP contribution in [-0.4, -0.2) is 34.2 Å². The number of halogens is 3. The molecule has 0 unspecified atom stereocenters. The molecular formula is C22H21F3N4O3.